The molecule has 0 saturated heterocycles. The fourth-order valence-electron chi connectivity index (χ4n) is 3.51. The zero-order valence-electron chi connectivity index (χ0n) is 16.6. The van der Waals surface area contributed by atoms with Crippen molar-refractivity contribution in [3.63, 3.8) is 0 Å². The molecule has 0 aliphatic heterocycles. The van der Waals surface area contributed by atoms with E-state index in [1.807, 2.05) is 18.3 Å². The van der Waals surface area contributed by atoms with E-state index in [1.165, 1.54) is 21.5 Å². The van der Waals surface area contributed by atoms with Crippen LogP contribution in [0, 0.1) is 0 Å². The predicted octanol–water partition coefficient (Wildman–Crippen LogP) is 4.69. The van der Waals surface area contributed by atoms with Gasteiger partial charge in [0.15, 0.2) is 0 Å². The quantitative estimate of drug-likeness (QED) is 0.459. The molecule has 144 valence electrons. The molecule has 3 heteroatoms. The Hall–Kier alpha value is -2.80. The SMILES string of the molecule is CC(NCc1ccccn1)c1ccccc1P(c1ccccc1)c1ccccc1. The van der Waals surface area contributed by atoms with Crippen molar-refractivity contribution in [2.24, 2.45) is 0 Å². The molecule has 0 aliphatic carbocycles. The molecule has 0 saturated carbocycles. The summed E-state index contributed by atoms with van der Waals surface area (Å²) in [5.74, 6) is 0. The first kappa shape index (κ1) is 19.5. The molecule has 0 spiro atoms. The fraction of sp³-hybridized carbons (Fsp3) is 0.115. The van der Waals surface area contributed by atoms with Crippen molar-refractivity contribution in [1.29, 1.82) is 0 Å². The van der Waals surface area contributed by atoms with Gasteiger partial charge in [-0.2, -0.15) is 0 Å². The number of benzene rings is 3. The standard InChI is InChI=1S/C26H25N2P/c1-21(28-20-22-12-10-11-19-27-22)25-17-8-9-18-26(25)29(23-13-4-2-5-14-23)24-15-6-3-7-16-24/h2-19,21,28H,20H2,1H3. The second kappa shape index (κ2) is 9.60. The summed E-state index contributed by atoms with van der Waals surface area (Å²) in [6, 6.07) is 36.9. The molecule has 1 heterocycles. The molecule has 0 aliphatic rings. The predicted molar refractivity (Wildman–Crippen MR) is 125 cm³/mol. The van der Waals surface area contributed by atoms with Crippen LogP contribution in [0.4, 0.5) is 0 Å². The van der Waals surface area contributed by atoms with Crippen LogP contribution in [-0.2, 0) is 6.54 Å². The van der Waals surface area contributed by atoms with Gasteiger partial charge in [0, 0.05) is 18.8 Å². The van der Waals surface area contributed by atoms with Crippen LogP contribution in [0.25, 0.3) is 0 Å². The van der Waals surface area contributed by atoms with Gasteiger partial charge in [-0.25, -0.2) is 0 Å². The molecule has 4 aromatic rings. The molecule has 0 radical (unpaired) electrons. The maximum absolute atomic E-state index is 4.44. The topological polar surface area (TPSA) is 24.9 Å². The fourth-order valence-corrected chi connectivity index (χ4v) is 6.07. The van der Waals surface area contributed by atoms with Crippen molar-refractivity contribution in [1.82, 2.24) is 10.3 Å². The summed E-state index contributed by atoms with van der Waals surface area (Å²) in [5, 5.41) is 7.81. The smallest absolute Gasteiger partial charge is 0.0541 e. The van der Waals surface area contributed by atoms with E-state index >= 15 is 0 Å². The van der Waals surface area contributed by atoms with E-state index in [0.29, 0.717) is 0 Å². The van der Waals surface area contributed by atoms with E-state index in [0.717, 1.165) is 12.2 Å². The third kappa shape index (κ3) is 4.79. The molecular formula is C26H25N2P. The van der Waals surface area contributed by atoms with Crippen LogP contribution in [-0.4, -0.2) is 4.98 Å². The van der Waals surface area contributed by atoms with E-state index in [-0.39, 0.29) is 6.04 Å². The highest BCUT2D eigenvalue weighted by Crippen LogP contribution is 2.35. The third-order valence-corrected chi connectivity index (χ3v) is 7.51. The third-order valence-electron chi connectivity index (χ3n) is 4.99. The zero-order chi connectivity index (χ0) is 19.9. The number of nitrogens with one attached hydrogen (secondary N) is 1. The van der Waals surface area contributed by atoms with E-state index < -0.39 is 7.92 Å². The number of hydrogen-bond donors (Lipinski definition) is 1. The highest BCUT2D eigenvalue weighted by molar-refractivity contribution is 7.79. The molecule has 0 bridgehead atoms. The van der Waals surface area contributed by atoms with Crippen molar-refractivity contribution < 1.29 is 0 Å². The molecule has 29 heavy (non-hydrogen) atoms. The minimum atomic E-state index is -0.620. The van der Waals surface area contributed by atoms with E-state index in [1.54, 1.807) is 0 Å². The van der Waals surface area contributed by atoms with Gasteiger partial charge in [0.2, 0.25) is 0 Å². The minimum Gasteiger partial charge on any atom is -0.305 e. The van der Waals surface area contributed by atoms with Crippen molar-refractivity contribution >= 4 is 23.8 Å². The normalized spacial score (nSPS) is 12.1. The van der Waals surface area contributed by atoms with Gasteiger partial charge >= 0.3 is 0 Å². The molecule has 1 unspecified atom stereocenters. The monoisotopic (exact) mass is 396 g/mol. The largest absolute Gasteiger partial charge is 0.305 e. The van der Waals surface area contributed by atoms with Crippen molar-refractivity contribution in [2.75, 3.05) is 0 Å². The Morgan fingerprint density at radius 3 is 1.93 bits per heavy atom. The Morgan fingerprint density at radius 1 is 0.724 bits per heavy atom. The summed E-state index contributed by atoms with van der Waals surface area (Å²) >= 11 is 0. The van der Waals surface area contributed by atoms with Crippen molar-refractivity contribution in [3.05, 3.63) is 121 Å². The molecule has 1 N–H and O–H groups in total. The lowest BCUT2D eigenvalue weighted by Gasteiger charge is -2.25. The summed E-state index contributed by atoms with van der Waals surface area (Å²) in [4.78, 5) is 4.44. The number of pyridine rings is 1. The molecular weight excluding hydrogens is 371 g/mol. The summed E-state index contributed by atoms with van der Waals surface area (Å²) in [7, 11) is -0.620. The molecule has 1 aromatic heterocycles. The molecule has 4 rings (SSSR count). The van der Waals surface area contributed by atoms with Gasteiger partial charge in [-0.05, 0) is 48.5 Å². The van der Waals surface area contributed by atoms with Gasteiger partial charge in [-0.15, -0.1) is 0 Å². The summed E-state index contributed by atoms with van der Waals surface area (Å²) in [5.41, 5.74) is 2.41. The number of rotatable bonds is 7. The Labute approximate surface area is 174 Å². The minimum absolute atomic E-state index is 0.227. The van der Waals surface area contributed by atoms with Gasteiger partial charge in [0.1, 0.15) is 0 Å². The Morgan fingerprint density at radius 2 is 1.31 bits per heavy atom. The lowest BCUT2D eigenvalue weighted by atomic mass is 10.1. The van der Waals surface area contributed by atoms with Crippen LogP contribution < -0.4 is 21.2 Å². The maximum atomic E-state index is 4.44. The van der Waals surface area contributed by atoms with Crippen LogP contribution in [0.15, 0.2) is 109 Å². The van der Waals surface area contributed by atoms with E-state index in [2.05, 4.69) is 108 Å². The van der Waals surface area contributed by atoms with Gasteiger partial charge in [0.25, 0.3) is 0 Å². The summed E-state index contributed by atoms with van der Waals surface area (Å²) in [6.07, 6.45) is 1.85. The zero-order valence-corrected chi connectivity index (χ0v) is 17.5. The highest BCUT2D eigenvalue weighted by atomic mass is 31.1. The van der Waals surface area contributed by atoms with Gasteiger partial charge in [-0.3, -0.25) is 4.98 Å². The van der Waals surface area contributed by atoms with Crippen LogP contribution in [0.5, 0.6) is 0 Å². The molecule has 0 fully saturated rings. The van der Waals surface area contributed by atoms with E-state index in [4.69, 9.17) is 0 Å². The summed E-state index contributed by atoms with van der Waals surface area (Å²) < 4.78 is 0. The first-order valence-corrected chi connectivity index (χ1v) is 11.3. The average Bonchev–Trinajstić information content (AvgIpc) is 2.80. The highest BCUT2D eigenvalue weighted by Gasteiger charge is 2.21. The van der Waals surface area contributed by atoms with Crippen LogP contribution in [0.2, 0.25) is 0 Å². The Kier molecular flexibility index (Phi) is 6.46. The van der Waals surface area contributed by atoms with Crippen molar-refractivity contribution in [2.45, 2.75) is 19.5 Å². The van der Waals surface area contributed by atoms with Crippen LogP contribution in [0.3, 0.4) is 0 Å². The number of aromatic nitrogens is 1. The van der Waals surface area contributed by atoms with Gasteiger partial charge in [-0.1, -0.05) is 91.0 Å². The second-order valence-corrected chi connectivity index (χ2v) is 9.17. The number of nitrogens with zero attached hydrogens (tertiary/aromatic N) is 1. The average molecular weight is 396 g/mol. The molecule has 2 nitrogen and oxygen atoms in total. The van der Waals surface area contributed by atoms with Gasteiger partial charge < -0.3 is 5.32 Å². The summed E-state index contributed by atoms with van der Waals surface area (Å²) in [6.45, 7) is 3.00. The lowest BCUT2D eigenvalue weighted by Crippen LogP contribution is -2.28. The lowest BCUT2D eigenvalue weighted by molar-refractivity contribution is 0.570. The van der Waals surface area contributed by atoms with Crippen molar-refractivity contribution in [3.8, 4) is 0 Å². The molecule has 3 aromatic carbocycles. The first-order chi connectivity index (χ1) is 14.3. The Balaban J connectivity index is 1.69. The van der Waals surface area contributed by atoms with E-state index in [9.17, 15) is 0 Å². The second-order valence-electron chi connectivity index (χ2n) is 6.99. The first-order valence-electron chi connectivity index (χ1n) is 9.95. The molecule has 1 atom stereocenters. The Bertz CT molecular complexity index is 981. The van der Waals surface area contributed by atoms with Crippen LogP contribution >= 0.6 is 7.92 Å². The van der Waals surface area contributed by atoms with Gasteiger partial charge in [0.05, 0.1) is 5.69 Å². The van der Waals surface area contributed by atoms with Crippen LogP contribution in [0.1, 0.15) is 24.2 Å². The number of hydrogen-bond acceptors (Lipinski definition) is 2. The maximum Gasteiger partial charge on any atom is 0.0541 e. The molecule has 0 amide bonds.